The van der Waals surface area contributed by atoms with E-state index in [1.165, 1.54) is 19.3 Å². The van der Waals surface area contributed by atoms with Crippen molar-refractivity contribution in [3.63, 3.8) is 0 Å². The van der Waals surface area contributed by atoms with Crippen molar-refractivity contribution in [2.45, 2.75) is 32.6 Å². The van der Waals surface area contributed by atoms with Crippen LogP contribution in [-0.4, -0.2) is 11.7 Å². The van der Waals surface area contributed by atoms with Gasteiger partial charge in [0.1, 0.15) is 0 Å². The zero-order chi connectivity index (χ0) is 12.7. The predicted octanol–water partition coefficient (Wildman–Crippen LogP) is -14.2. The average Bonchev–Trinajstić information content (AvgIpc) is 2.03. The molecule has 0 atom stereocenters. The first kappa shape index (κ1) is 43.6. The number of rotatable bonds is 4. The summed E-state index contributed by atoms with van der Waals surface area (Å²) in [5, 5.41) is 8.29. The summed E-state index contributed by atoms with van der Waals surface area (Å²) in [7, 11) is -7.26. The Balaban J connectivity index is -0.0000000216. The standard InChI is InChI=1S/C6H14O.4Na.2H3O3P/c1-2-3-4-5-6-7;;;;;2*1-4(2)3/h7H,2-6H2,1H3;;;;;2*4H,(H2,1,2,3)/q;4*+1;;/p-4. The van der Waals surface area contributed by atoms with Crippen molar-refractivity contribution in [3.05, 3.63) is 0 Å². The third kappa shape index (κ3) is 134. The van der Waals surface area contributed by atoms with Crippen LogP contribution >= 0.6 is 16.5 Å². The largest absolute Gasteiger partial charge is 1.00 e. The average molecular weight is 354 g/mol. The molecule has 0 saturated carbocycles. The van der Waals surface area contributed by atoms with Crippen molar-refractivity contribution in [1.82, 2.24) is 0 Å². The fourth-order valence-corrected chi connectivity index (χ4v) is 0.539. The Hall–Kier alpha value is 4.26. The van der Waals surface area contributed by atoms with Crippen LogP contribution in [0.25, 0.3) is 0 Å². The van der Waals surface area contributed by atoms with Crippen molar-refractivity contribution in [2.75, 3.05) is 6.61 Å². The van der Waals surface area contributed by atoms with Gasteiger partial charge < -0.3 is 33.8 Å². The third-order valence-electron chi connectivity index (χ3n) is 1.01. The van der Waals surface area contributed by atoms with Crippen molar-refractivity contribution >= 4 is 16.5 Å². The van der Waals surface area contributed by atoms with Crippen molar-refractivity contribution in [1.29, 1.82) is 0 Å². The molecule has 0 aliphatic heterocycles. The monoisotopic (exact) mass is 354 g/mol. The van der Waals surface area contributed by atoms with Gasteiger partial charge in [0.15, 0.2) is 0 Å². The summed E-state index contributed by atoms with van der Waals surface area (Å²) < 4.78 is 17.0. The van der Waals surface area contributed by atoms with E-state index in [9.17, 15) is 0 Å². The van der Waals surface area contributed by atoms with Gasteiger partial charge in [0.25, 0.3) is 0 Å². The van der Waals surface area contributed by atoms with Gasteiger partial charge in [-0.05, 0) is 6.42 Å². The van der Waals surface area contributed by atoms with Gasteiger partial charge in [-0.1, -0.05) is 42.7 Å². The summed E-state index contributed by atoms with van der Waals surface area (Å²) in [5.41, 5.74) is 0. The van der Waals surface area contributed by atoms with Gasteiger partial charge in [-0.15, -0.1) is 0 Å². The van der Waals surface area contributed by atoms with E-state index >= 15 is 0 Å². The Kier molecular flexibility index (Phi) is 99.1. The first-order valence-electron chi connectivity index (χ1n) is 4.25. The summed E-state index contributed by atoms with van der Waals surface area (Å²) in [6.07, 6.45) is 4.68. The molecule has 0 aromatic carbocycles. The minimum Gasteiger partial charge on any atom is -0.813 e. The van der Waals surface area contributed by atoms with Gasteiger partial charge in [0, 0.05) is 6.61 Å². The Morgan fingerprint density at radius 2 is 1.05 bits per heavy atom. The van der Waals surface area contributed by atoms with E-state index in [0.29, 0.717) is 6.61 Å². The van der Waals surface area contributed by atoms with Gasteiger partial charge in [0.2, 0.25) is 0 Å². The van der Waals surface area contributed by atoms with Crippen molar-refractivity contribution in [2.24, 2.45) is 0 Å². The third-order valence-corrected chi connectivity index (χ3v) is 1.01. The van der Waals surface area contributed by atoms with Crippen LogP contribution in [0.1, 0.15) is 32.6 Å². The molecule has 0 aromatic heterocycles. The maximum atomic E-state index is 8.52. The first-order valence-corrected chi connectivity index (χ1v) is 6.70. The predicted molar refractivity (Wildman–Crippen MR) is 49.2 cm³/mol. The number of unbranched alkanes of at least 4 members (excludes halogenated alkanes) is 3. The molecule has 0 heterocycles. The number of hydrogen-bond donors (Lipinski definition) is 1. The summed E-state index contributed by atoms with van der Waals surface area (Å²) in [5.74, 6) is 0. The molecule has 1 N–H and O–H groups in total. The molecule has 0 aromatic rings. The summed E-state index contributed by atoms with van der Waals surface area (Å²) in [6, 6.07) is 0. The zero-order valence-corrected chi connectivity index (χ0v) is 22.4. The molecule has 19 heavy (non-hydrogen) atoms. The van der Waals surface area contributed by atoms with Crippen molar-refractivity contribution < 1.29 is 152 Å². The zero-order valence-electron chi connectivity index (χ0n) is 12.4. The van der Waals surface area contributed by atoms with Crippen LogP contribution in [0.4, 0.5) is 0 Å². The van der Waals surface area contributed by atoms with Gasteiger partial charge in [0.05, 0.1) is 0 Å². The molecule has 0 aliphatic rings. The maximum absolute atomic E-state index is 8.52. The van der Waals surface area contributed by atoms with Gasteiger partial charge in [-0.25, -0.2) is 0 Å². The second-order valence-electron chi connectivity index (χ2n) is 2.28. The quantitative estimate of drug-likeness (QED) is 0.300. The van der Waals surface area contributed by atoms with E-state index in [1.807, 2.05) is 0 Å². The molecular weight excluding hydrogens is 338 g/mol. The van der Waals surface area contributed by atoms with Crippen LogP contribution in [0.2, 0.25) is 0 Å². The van der Waals surface area contributed by atoms with E-state index in [0.717, 1.165) is 6.42 Å². The molecule has 13 heteroatoms. The van der Waals surface area contributed by atoms with E-state index in [1.54, 1.807) is 0 Å². The van der Waals surface area contributed by atoms with Gasteiger partial charge >= 0.3 is 118 Å². The molecule has 0 amide bonds. The van der Waals surface area contributed by atoms with Crippen LogP contribution in [0, 0.1) is 0 Å². The van der Waals surface area contributed by atoms with Crippen molar-refractivity contribution in [3.8, 4) is 0 Å². The van der Waals surface area contributed by atoms with Gasteiger partial charge in [-0.3, -0.25) is 0 Å². The van der Waals surface area contributed by atoms with E-state index in [4.69, 9.17) is 33.8 Å². The molecule has 7 nitrogen and oxygen atoms in total. The Labute approximate surface area is 204 Å². The maximum Gasteiger partial charge on any atom is 1.00 e. The first-order chi connectivity index (χ1) is 6.88. The second kappa shape index (κ2) is 43.2. The number of aliphatic hydroxyl groups excluding tert-OH is 1. The molecule has 0 bridgehead atoms. The van der Waals surface area contributed by atoms with Crippen LogP contribution in [0.3, 0.4) is 0 Å². The topological polar surface area (TPSA) is 147 Å². The number of aliphatic hydroxyl groups is 1. The minimum absolute atomic E-state index is 0. The van der Waals surface area contributed by atoms with E-state index in [-0.39, 0.29) is 118 Å². The number of hydrogen-bond acceptors (Lipinski definition) is 7. The SMILES string of the molecule is CCCCCCO.O=[PH]([O-])[O-].O=[PH]([O-])[O-].[Na+].[Na+].[Na+].[Na+]. The molecule has 0 unspecified atom stereocenters. The van der Waals surface area contributed by atoms with E-state index in [2.05, 4.69) is 6.92 Å². The van der Waals surface area contributed by atoms with E-state index < -0.39 is 16.5 Å². The molecular formula is C6H16Na4O7P2. The molecule has 0 aliphatic carbocycles. The normalized spacial score (nSPS) is 7.16. The van der Waals surface area contributed by atoms with Crippen LogP contribution in [0.15, 0.2) is 0 Å². The van der Waals surface area contributed by atoms with Crippen LogP contribution in [-0.2, 0) is 9.13 Å². The second-order valence-corrected chi connectivity index (χ2v) is 3.28. The Morgan fingerprint density at radius 1 is 0.789 bits per heavy atom. The summed E-state index contributed by atoms with van der Waals surface area (Å²) >= 11 is 0. The fourth-order valence-electron chi connectivity index (χ4n) is 0.539. The van der Waals surface area contributed by atoms with Gasteiger partial charge in [-0.2, -0.15) is 0 Å². The molecule has 0 radical (unpaired) electrons. The molecule has 96 valence electrons. The minimum atomic E-state index is -3.63. The van der Waals surface area contributed by atoms with Crippen LogP contribution < -0.4 is 138 Å². The smallest absolute Gasteiger partial charge is 0.813 e. The molecule has 0 saturated heterocycles. The molecule has 0 spiro atoms. The molecule has 0 fully saturated rings. The van der Waals surface area contributed by atoms with Crippen LogP contribution in [0.5, 0.6) is 0 Å². The summed E-state index contributed by atoms with van der Waals surface area (Å²) in [6.45, 7) is 2.53. The Morgan fingerprint density at radius 3 is 1.21 bits per heavy atom. The molecule has 0 rings (SSSR count). The fraction of sp³-hybridized carbons (Fsp3) is 1.00. The summed E-state index contributed by atoms with van der Waals surface area (Å²) in [4.78, 5) is 34.1. The Bertz CT molecular complexity index is 143.